The molecule has 0 aliphatic carbocycles. The van der Waals surface area contributed by atoms with E-state index in [1.807, 2.05) is 25.7 Å². The second-order valence-corrected chi connectivity index (χ2v) is 13.5. The number of likely N-dealkylation sites (tertiary alicyclic amines) is 1. The van der Waals surface area contributed by atoms with Crippen molar-refractivity contribution in [2.45, 2.75) is 66.3 Å². The number of allylic oxidation sites excluding steroid dienone is 1. The van der Waals surface area contributed by atoms with E-state index in [2.05, 4.69) is 51.0 Å². The topological polar surface area (TPSA) is 29.5 Å². The smallest absolute Gasteiger partial charge is 0.410 e. The van der Waals surface area contributed by atoms with Gasteiger partial charge >= 0.3 is 6.09 Å². The van der Waals surface area contributed by atoms with Crippen LogP contribution in [0.2, 0.25) is 19.6 Å². The first-order valence-electron chi connectivity index (χ1n) is 8.00. The molecule has 1 aliphatic rings. The maximum atomic E-state index is 12.2. The SMILES string of the molecule is CC(C)(C)OC(=O)N1CC/C(=C\C#C[Si](C)(C)C)C(C)(C)C1. The molecule has 1 amide bonds. The average molecular weight is 322 g/mol. The highest BCUT2D eigenvalue weighted by molar-refractivity contribution is 6.83. The first-order chi connectivity index (χ1) is 9.80. The van der Waals surface area contributed by atoms with E-state index in [9.17, 15) is 4.79 Å². The van der Waals surface area contributed by atoms with Crippen LogP contribution in [0.25, 0.3) is 0 Å². The van der Waals surface area contributed by atoms with Gasteiger partial charge in [0.1, 0.15) is 13.7 Å². The Bertz CT molecular complexity index is 510. The molecule has 0 radical (unpaired) electrons. The van der Waals surface area contributed by atoms with Gasteiger partial charge in [-0.3, -0.25) is 0 Å². The van der Waals surface area contributed by atoms with Gasteiger partial charge in [-0.05, 0) is 33.3 Å². The highest BCUT2D eigenvalue weighted by atomic mass is 28.3. The lowest BCUT2D eigenvalue weighted by Crippen LogP contribution is -2.46. The molecule has 22 heavy (non-hydrogen) atoms. The number of rotatable bonds is 0. The van der Waals surface area contributed by atoms with E-state index in [1.165, 1.54) is 5.57 Å². The fraction of sp³-hybridized carbons (Fsp3) is 0.722. The number of hydrogen-bond donors (Lipinski definition) is 0. The minimum atomic E-state index is -1.34. The number of carbonyl (C=O) groups is 1. The summed E-state index contributed by atoms with van der Waals surface area (Å²) in [6, 6.07) is 0. The zero-order valence-corrected chi connectivity index (χ0v) is 16.5. The summed E-state index contributed by atoms with van der Waals surface area (Å²) in [5, 5.41) is 0. The second kappa shape index (κ2) is 6.50. The van der Waals surface area contributed by atoms with Gasteiger partial charge in [0.25, 0.3) is 0 Å². The van der Waals surface area contributed by atoms with E-state index < -0.39 is 13.7 Å². The lowest BCUT2D eigenvalue weighted by atomic mass is 9.79. The maximum Gasteiger partial charge on any atom is 0.410 e. The van der Waals surface area contributed by atoms with Crippen molar-refractivity contribution in [1.29, 1.82) is 0 Å². The summed E-state index contributed by atoms with van der Waals surface area (Å²) in [5.41, 5.74) is 4.21. The number of ether oxygens (including phenoxy) is 1. The quantitative estimate of drug-likeness (QED) is 0.487. The van der Waals surface area contributed by atoms with Gasteiger partial charge in [-0.15, -0.1) is 5.54 Å². The van der Waals surface area contributed by atoms with Crippen LogP contribution in [0.3, 0.4) is 0 Å². The van der Waals surface area contributed by atoms with E-state index >= 15 is 0 Å². The summed E-state index contributed by atoms with van der Waals surface area (Å²) in [6.07, 6.45) is 2.73. The van der Waals surface area contributed by atoms with Crippen LogP contribution in [-0.2, 0) is 4.74 Å². The lowest BCUT2D eigenvalue weighted by Gasteiger charge is -2.40. The zero-order chi connectivity index (χ0) is 17.2. The van der Waals surface area contributed by atoms with Gasteiger partial charge in [0.15, 0.2) is 0 Å². The fourth-order valence-electron chi connectivity index (χ4n) is 2.34. The van der Waals surface area contributed by atoms with Crippen LogP contribution in [0.5, 0.6) is 0 Å². The Balaban J connectivity index is 2.79. The van der Waals surface area contributed by atoms with Gasteiger partial charge in [0.2, 0.25) is 0 Å². The lowest BCUT2D eigenvalue weighted by molar-refractivity contribution is 0.0157. The molecule has 124 valence electrons. The molecule has 0 aromatic carbocycles. The van der Waals surface area contributed by atoms with Crippen LogP contribution in [0.15, 0.2) is 11.6 Å². The summed E-state index contributed by atoms with van der Waals surface area (Å²) in [5.74, 6) is 3.25. The van der Waals surface area contributed by atoms with Crippen molar-refractivity contribution in [2.75, 3.05) is 13.1 Å². The third-order valence-electron chi connectivity index (χ3n) is 3.45. The largest absolute Gasteiger partial charge is 0.444 e. The van der Waals surface area contributed by atoms with Gasteiger partial charge < -0.3 is 9.64 Å². The molecular weight excluding hydrogens is 290 g/mol. The number of nitrogens with zero attached hydrogens (tertiary/aromatic N) is 1. The molecule has 1 aliphatic heterocycles. The molecule has 0 atom stereocenters. The van der Waals surface area contributed by atoms with Gasteiger partial charge in [0.05, 0.1) is 0 Å². The second-order valence-electron chi connectivity index (χ2n) is 8.72. The molecule has 4 heteroatoms. The summed E-state index contributed by atoms with van der Waals surface area (Å²) < 4.78 is 5.48. The third-order valence-corrected chi connectivity index (χ3v) is 4.35. The van der Waals surface area contributed by atoms with E-state index in [0.717, 1.165) is 6.42 Å². The van der Waals surface area contributed by atoms with Crippen LogP contribution >= 0.6 is 0 Å². The van der Waals surface area contributed by atoms with Crippen molar-refractivity contribution >= 4 is 14.2 Å². The number of hydrogen-bond acceptors (Lipinski definition) is 2. The Morgan fingerprint density at radius 2 is 1.91 bits per heavy atom. The Morgan fingerprint density at radius 1 is 1.32 bits per heavy atom. The minimum absolute atomic E-state index is 0.0523. The van der Waals surface area contributed by atoms with E-state index in [-0.39, 0.29) is 11.5 Å². The fourth-order valence-corrected chi connectivity index (χ4v) is 2.85. The molecule has 0 aromatic heterocycles. The van der Waals surface area contributed by atoms with Crippen LogP contribution < -0.4 is 0 Å². The van der Waals surface area contributed by atoms with Gasteiger partial charge in [-0.25, -0.2) is 4.79 Å². The Hall–Kier alpha value is -1.21. The Morgan fingerprint density at radius 3 is 2.36 bits per heavy atom. The molecule has 0 spiro atoms. The molecule has 1 rings (SSSR count). The normalized spacial score (nSPS) is 20.4. The predicted octanol–water partition coefficient (Wildman–Crippen LogP) is 4.46. The van der Waals surface area contributed by atoms with Crippen molar-refractivity contribution in [3.05, 3.63) is 11.6 Å². The zero-order valence-electron chi connectivity index (χ0n) is 15.5. The number of carbonyl (C=O) groups excluding carboxylic acids is 1. The van der Waals surface area contributed by atoms with E-state index in [1.54, 1.807) is 0 Å². The van der Waals surface area contributed by atoms with Gasteiger partial charge in [-0.2, -0.15) is 0 Å². The third kappa shape index (κ3) is 6.27. The standard InChI is InChI=1S/C18H31NO2Si/c1-17(2,3)21-16(20)19-12-11-15(18(4,5)14-19)10-9-13-22(6,7)8/h10H,11-12,14H2,1-8H3/b15-10+. The summed E-state index contributed by atoms with van der Waals surface area (Å²) in [4.78, 5) is 14.0. The van der Waals surface area contributed by atoms with E-state index in [0.29, 0.717) is 13.1 Å². The molecule has 0 saturated carbocycles. The van der Waals surface area contributed by atoms with Crippen molar-refractivity contribution in [3.63, 3.8) is 0 Å². The van der Waals surface area contributed by atoms with E-state index in [4.69, 9.17) is 4.74 Å². The molecule has 3 nitrogen and oxygen atoms in total. The summed E-state index contributed by atoms with van der Waals surface area (Å²) in [6.45, 7) is 18.2. The molecule has 0 unspecified atom stereocenters. The molecule has 0 aromatic rings. The molecule has 1 heterocycles. The summed E-state index contributed by atoms with van der Waals surface area (Å²) in [7, 11) is -1.34. The first kappa shape index (κ1) is 18.8. The molecule has 0 N–H and O–H groups in total. The molecule has 1 saturated heterocycles. The Labute approximate surface area is 137 Å². The molecule has 1 fully saturated rings. The molecular formula is C18H31NO2Si. The monoisotopic (exact) mass is 321 g/mol. The molecule has 0 bridgehead atoms. The number of piperidine rings is 1. The summed E-state index contributed by atoms with van der Waals surface area (Å²) >= 11 is 0. The van der Waals surface area contributed by atoms with Crippen molar-refractivity contribution < 1.29 is 9.53 Å². The Kier molecular flexibility index (Phi) is 5.56. The van der Waals surface area contributed by atoms with Crippen molar-refractivity contribution in [3.8, 4) is 11.5 Å². The van der Waals surface area contributed by atoms with Gasteiger partial charge in [-0.1, -0.05) is 45.0 Å². The van der Waals surface area contributed by atoms with Gasteiger partial charge in [0, 0.05) is 18.5 Å². The van der Waals surface area contributed by atoms with Crippen molar-refractivity contribution in [2.24, 2.45) is 5.41 Å². The highest BCUT2D eigenvalue weighted by Gasteiger charge is 2.34. The average Bonchev–Trinajstić information content (AvgIpc) is 2.26. The van der Waals surface area contributed by atoms with Crippen LogP contribution in [0.1, 0.15) is 41.0 Å². The van der Waals surface area contributed by atoms with Crippen LogP contribution in [0, 0.1) is 16.9 Å². The highest BCUT2D eigenvalue weighted by Crippen LogP contribution is 2.34. The maximum absolute atomic E-state index is 12.2. The number of amides is 1. The van der Waals surface area contributed by atoms with Crippen LogP contribution in [0.4, 0.5) is 4.79 Å². The predicted molar refractivity (Wildman–Crippen MR) is 95.4 cm³/mol. The minimum Gasteiger partial charge on any atom is -0.444 e. The van der Waals surface area contributed by atoms with Crippen molar-refractivity contribution in [1.82, 2.24) is 4.90 Å². The van der Waals surface area contributed by atoms with Crippen LogP contribution in [-0.4, -0.2) is 37.8 Å². The first-order valence-corrected chi connectivity index (χ1v) is 11.5.